The van der Waals surface area contributed by atoms with E-state index in [1.807, 2.05) is 24.3 Å². The zero-order chi connectivity index (χ0) is 17.7. The Morgan fingerprint density at radius 2 is 2.08 bits per heavy atom. The molecule has 0 saturated heterocycles. The Bertz CT molecular complexity index is 539. The Balaban J connectivity index is 1.66. The largest absolute Gasteiger partial charge is 0.489 e. The van der Waals surface area contributed by atoms with Gasteiger partial charge in [0.1, 0.15) is 12.4 Å². The van der Waals surface area contributed by atoms with Crippen LogP contribution in [0.5, 0.6) is 5.75 Å². The molecular formula is C20H31N3O2. The molecule has 0 bridgehead atoms. The quantitative estimate of drug-likeness (QED) is 0.296. The number of hydrogen-bond acceptors (Lipinski definition) is 3. The Hall–Kier alpha value is -2.01. The second kappa shape index (κ2) is 11.5. The van der Waals surface area contributed by atoms with Crippen LogP contribution in [0.4, 0.5) is 0 Å². The molecule has 1 fully saturated rings. The molecule has 1 saturated carbocycles. The fourth-order valence-corrected chi connectivity index (χ4v) is 2.92. The first kappa shape index (κ1) is 19.3. The van der Waals surface area contributed by atoms with Crippen LogP contribution < -0.4 is 15.4 Å². The smallest absolute Gasteiger partial charge is 0.191 e. The lowest BCUT2D eigenvalue weighted by Crippen LogP contribution is -2.37. The van der Waals surface area contributed by atoms with Crippen LogP contribution in [-0.2, 0) is 11.3 Å². The third-order valence-corrected chi connectivity index (χ3v) is 4.27. The summed E-state index contributed by atoms with van der Waals surface area (Å²) < 4.78 is 11.6. The van der Waals surface area contributed by atoms with Crippen molar-refractivity contribution in [3.05, 3.63) is 42.5 Å². The van der Waals surface area contributed by atoms with E-state index in [0.29, 0.717) is 19.3 Å². The normalized spacial score (nSPS) is 15.2. The van der Waals surface area contributed by atoms with Gasteiger partial charge in [-0.3, -0.25) is 4.99 Å². The van der Waals surface area contributed by atoms with Gasteiger partial charge in [-0.2, -0.15) is 0 Å². The maximum atomic E-state index is 5.88. The van der Waals surface area contributed by atoms with Crippen molar-refractivity contribution in [2.24, 2.45) is 4.99 Å². The fourth-order valence-electron chi connectivity index (χ4n) is 2.92. The highest BCUT2D eigenvalue weighted by Crippen LogP contribution is 2.20. The Kier molecular flexibility index (Phi) is 8.91. The average molecular weight is 345 g/mol. The summed E-state index contributed by atoms with van der Waals surface area (Å²) in [5.74, 6) is 1.66. The van der Waals surface area contributed by atoms with Crippen molar-refractivity contribution in [1.82, 2.24) is 10.6 Å². The summed E-state index contributed by atoms with van der Waals surface area (Å²) in [7, 11) is 1.78. The van der Waals surface area contributed by atoms with E-state index < -0.39 is 0 Å². The molecule has 1 aromatic carbocycles. The van der Waals surface area contributed by atoms with Gasteiger partial charge in [0.25, 0.3) is 0 Å². The van der Waals surface area contributed by atoms with Gasteiger partial charge >= 0.3 is 0 Å². The van der Waals surface area contributed by atoms with Gasteiger partial charge < -0.3 is 20.1 Å². The van der Waals surface area contributed by atoms with E-state index in [9.17, 15) is 0 Å². The molecule has 5 heteroatoms. The van der Waals surface area contributed by atoms with Gasteiger partial charge in [-0.15, -0.1) is 0 Å². The van der Waals surface area contributed by atoms with Crippen LogP contribution in [0.15, 0.2) is 41.9 Å². The van der Waals surface area contributed by atoms with Crippen LogP contribution in [0, 0.1) is 0 Å². The van der Waals surface area contributed by atoms with Gasteiger partial charge in [0.2, 0.25) is 0 Å². The van der Waals surface area contributed by atoms with Gasteiger partial charge in [0.15, 0.2) is 5.96 Å². The first-order valence-electron chi connectivity index (χ1n) is 9.21. The van der Waals surface area contributed by atoms with Crippen molar-refractivity contribution in [3.63, 3.8) is 0 Å². The highest BCUT2D eigenvalue weighted by molar-refractivity contribution is 5.79. The number of nitrogens with one attached hydrogen (secondary N) is 2. The molecule has 5 nitrogen and oxygen atoms in total. The van der Waals surface area contributed by atoms with E-state index in [1.54, 1.807) is 13.1 Å². The Labute approximate surface area is 151 Å². The molecular weight excluding hydrogens is 314 g/mol. The molecule has 138 valence electrons. The maximum Gasteiger partial charge on any atom is 0.191 e. The van der Waals surface area contributed by atoms with Crippen molar-refractivity contribution in [1.29, 1.82) is 0 Å². The van der Waals surface area contributed by atoms with E-state index in [-0.39, 0.29) is 0 Å². The van der Waals surface area contributed by atoms with Crippen molar-refractivity contribution >= 4 is 5.96 Å². The average Bonchev–Trinajstić information content (AvgIpc) is 3.16. The van der Waals surface area contributed by atoms with Crippen molar-refractivity contribution in [2.45, 2.75) is 44.8 Å². The molecule has 2 N–H and O–H groups in total. The lowest BCUT2D eigenvalue weighted by molar-refractivity contribution is 0.0574. The van der Waals surface area contributed by atoms with Crippen LogP contribution in [0.1, 0.15) is 37.7 Å². The molecule has 0 heterocycles. The zero-order valence-corrected chi connectivity index (χ0v) is 15.3. The van der Waals surface area contributed by atoms with Crippen LogP contribution in [0.2, 0.25) is 0 Å². The predicted molar refractivity (Wildman–Crippen MR) is 103 cm³/mol. The SMILES string of the molecule is C=CCOc1ccccc1CNC(=NC)NCCCOC1CCCC1. The predicted octanol–water partition coefficient (Wildman–Crippen LogP) is 3.27. The number of benzene rings is 1. The second-order valence-corrected chi connectivity index (χ2v) is 6.19. The Morgan fingerprint density at radius 3 is 2.84 bits per heavy atom. The first-order valence-corrected chi connectivity index (χ1v) is 9.21. The number of rotatable bonds is 10. The molecule has 1 aliphatic rings. The lowest BCUT2D eigenvalue weighted by Gasteiger charge is -2.15. The number of nitrogens with zero attached hydrogens (tertiary/aromatic N) is 1. The van der Waals surface area contributed by atoms with Crippen LogP contribution in [0.25, 0.3) is 0 Å². The van der Waals surface area contributed by atoms with E-state index in [4.69, 9.17) is 9.47 Å². The van der Waals surface area contributed by atoms with E-state index in [0.717, 1.165) is 36.8 Å². The molecule has 0 unspecified atom stereocenters. The number of ether oxygens (including phenoxy) is 2. The third kappa shape index (κ3) is 7.18. The van der Waals surface area contributed by atoms with Gasteiger partial charge in [0, 0.05) is 32.3 Å². The molecule has 25 heavy (non-hydrogen) atoms. The van der Waals surface area contributed by atoms with Crippen LogP contribution in [-0.4, -0.2) is 38.9 Å². The van der Waals surface area contributed by atoms with Gasteiger partial charge in [-0.05, 0) is 25.3 Å². The number of para-hydroxylation sites is 1. The molecule has 0 aromatic heterocycles. The topological polar surface area (TPSA) is 54.9 Å². The minimum Gasteiger partial charge on any atom is -0.489 e. The molecule has 0 spiro atoms. The first-order chi connectivity index (χ1) is 12.3. The van der Waals surface area contributed by atoms with E-state index >= 15 is 0 Å². The van der Waals surface area contributed by atoms with Gasteiger partial charge in [-0.1, -0.05) is 43.7 Å². The van der Waals surface area contributed by atoms with Crippen LogP contribution in [0.3, 0.4) is 0 Å². The molecule has 0 radical (unpaired) electrons. The zero-order valence-electron chi connectivity index (χ0n) is 15.3. The van der Waals surface area contributed by atoms with Crippen molar-refractivity contribution < 1.29 is 9.47 Å². The summed E-state index contributed by atoms with van der Waals surface area (Å²) in [6.45, 7) is 6.51. The van der Waals surface area contributed by atoms with Crippen LogP contribution >= 0.6 is 0 Å². The highest BCUT2D eigenvalue weighted by atomic mass is 16.5. The number of aliphatic imine (C=N–C) groups is 1. The molecule has 1 aliphatic carbocycles. The summed E-state index contributed by atoms with van der Waals surface area (Å²) in [4.78, 5) is 4.27. The second-order valence-electron chi connectivity index (χ2n) is 6.19. The fraction of sp³-hybridized carbons (Fsp3) is 0.550. The summed E-state index contributed by atoms with van der Waals surface area (Å²) in [6, 6.07) is 8.00. The molecule has 1 aromatic rings. The van der Waals surface area contributed by atoms with E-state index in [1.165, 1.54) is 25.7 Å². The highest BCUT2D eigenvalue weighted by Gasteiger charge is 2.14. The van der Waals surface area contributed by atoms with Gasteiger partial charge in [0.05, 0.1) is 6.10 Å². The summed E-state index contributed by atoms with van der Waals surface area (Å²) in [5.41, 5.74) is 1.09. The lowest BCUT2D eigenvalue weighted by atomic mass is 10.2. The molecule has 0 atom stereocenters. The number of guanidine groups is 1. The minimum atomic E-state index is 0.490. The molecule has 0 aliphatic heterocycles. The Morgan fingerprint density at radius 1 is 1.28 bits per heavy atom. The standard InChI is InChI=1S/C20H31N3O2/c1-3-14-25-19-12-7-4-9-17(19)16-23-20(21-2)22-13-8-15-24-18-10-5-6-11-18/h3-4,7,9,12,18H,1,5-6,8,10-11,13-16H2,2H3,(H2,21,22,23). The van der Waals surface area contributed by atoms with E-state index in [2.05, 4.69) is 22.2 Å². The van der Waals surface area contributed by atoms with Crippen molar-refractivity contribution in [3.8, 4) is 5.75 Å². The summed E-state index contributed by atoms with van der Waals surface area (Å²) in [6.07, 6.45) is 8.31. The monoisotopic (exact) mass is 345 g/mol. The maximum absolute atomic E-state index is 5.88. The van der Waals surface area contributed by atoms with Crippen molar-refractivity contribution in [2.75, 3.05) is 26.8 Å². The number of hydrogen-bond donors (Lipinski definition) is 2. The van der Waals surface area contributed by atoms with Gasteiger partial charge in [-0.25, -0.2) is 0 Å². The molecule has 2 rings (SSSR count). The third-order valence-electron chi connectivity index (χ3n) is 4.27. The summed E-state index contributed by atoms with van der Waals surface area (Å²) >= 11 is 0. The molecule has 0 amide bonds. The summed E-state index contributed by atoms with van der Waals surface area (Å²) in [5, 5.41) is 6.66. The minimum absolute atomic E-state index is 0.490.